The molecule has 1 heterocycles. The average Bonchev–Trinajstić information content (AvgIpc) is 2.93. The zero-order chi connectivity index (χ0) is 16.9. The lowest BCUT2D eigenvalue weighted by Crippen LogP contribution is -2.24. The Balaban J connectivity index is 1.55. The highest BCUT2D eigenvalue weighted by Crippen LogP contribution is 2.37. The normalized spacial score (nSPS) is 14.3. The van der Waals surface area contributed by atoms with E-state index in [1.54, 1.807) is 24.4 Å². The molecule has 1 saturated carbocycles. The van der Waals surface area contributed by atoms with Crippen molar-refractivity contribution in [1.82, 2.24) is 10.4 Å². The summed E-state index contributed by atoms with van der Waals surface area (Å²) in [6, 6.07) is 6.60. The lowest BCUT2D eigenvalue weighted by atomic mass is 9.84. The van der Waals surface area contributed by atoms with Crippen molar-refractivity contribution < 1.29 is 9.34 Å². The van der Waals surface area contributed by atoms with Crippen LogP contribution in [0.25, 0.3) is 0 Å². The molecule has 0 aliphatic heterocycles. The van der Waals surface area contributed by atoms with E-state index in [1.165, 1.54) is 18.7 Å². The van der Waals surface area contributed by atoms with Gasteiger partial charge in [0.05, 0.1) is 22.9 Å². The number of nitrogens with one attached hydrogen (secondary N) is 2. The molecule has 1 aliphatic rings. The first-order valence-electron chi connectivity index (χ1n) is 7.42. The molecule has 9 heteroatoms. The topological polar surface area (TPSA) is 106 Å². The molecular formula is C15H15N5O3S. The second-order valence-electron chi connectivity index (χ2n) is 5.34. The molecule has 124 valence electrons. The fourth-order valence-electron chi connectivity index (χ4n) is 2.27. The van der Waals surface area contributed by atoms with Crippen LogP contribution in [0.3, 0.4) is 0 Å². The van der Waals surface area contributed by atoms with E-state index in [2.05, 4.69) is 20.8 Å². The van der Waals surface area contributed by atoms with Gasteiger partial charge in [-0.25, -0.2) is 4.98 Å². The van der Waals surface area contributed by atoms with Gasteiger partial charge in [0.25, 0.3) is 5.69 Å². The minimum Gasteiger partial charge on any atom is -0.428 e. The predicted octanol–water partition coefficient (Wildman–Crippen LogP) is 3.17. The molecule has 0 radical (unpaired) electrons. The average molecular weight is 345 g/mol. The summed E-state index contributed by atoms with van der Waals surface area (Å²) in [5.74, 6) is 1.31. The number of oxazole rings is 1. The summed E-state index contributed by atoms with van der Waals surface area (Å²) < 4.78 is 5.58. The van der Waals surface area contributed by atoms with Crippen molar-refractivity contribution in [2.75, 3.05) is 5.32 Å². The second-order valence-corrected chi connectivity index (χ2v) is 5.74. The van der Waals surface area contributed by atoms with E-state index >= 15 is 0 Å². The van der Waals surface area contributed by atoms with Gasteiger partial charge in [-0.1, -0.05) is 18.6 Å². The van der Waals surface area contributed by atoms with Gasteiger partial charge in [0.15, 0.2) is 5.11 Å². The standard InChI is InChI=1S/C15H15N5O3S/c21-20(22)12-7-2-1-4-11(12)8-17-19-15(24)18-14-16-9-13(23-14)10-5-3-6-10/h1-2,4,7-10H,3,5-6H2,(H2,16,18,19,24)/b17-8+. The lowest BCUT2D eigenvalue weighted by Gasteiger charge is -2.22. The van der Waals surface area contributed by atoms with Crippen molar-refractivity contribution in [3.8, 4) is 0 Å². The molecule has 2 N–H and O–H groups in total. The Labute approximate surface area is 143 Å². The maximum atomic E-state index is 10.9. The van der Waals surface area contributed by atoms with E-state index in [1.807, 2.05) is 0 Å². The van der Waals surface area contributed by atoms with Crippen molar-refractivity contribution in [2.45, 2.75) is 25.2 Å². The highest BCUT2D eigenvalue weighted by Gasteiger charge is 2.23. The zero-order valence-electron chi connectivity index (χ0n) is 12.6. The Bertz CT molecular complexity index is 785. The third-order valence-electron chi connectivity index (χ3n) is 3.75. The minimum atomic E-state index is -0.466. The number of benzene rings is 1. The third kappa shape index (κ3) is 3.74. The molecule has 0 atom stereocenters. The molecule has 0 amide bonds. The Morgan fingerprint density at radius 3 is 2.96 bits per heavy atom. The Hall–Kier alpha value is -2.81. The number of rotatable bonds is 5. The van der Waals surface area contributed by atoms with Crippen molar-refractivity contribution in [3.05, 3.63) is 51.9 Å². The Morgan fingerprint density at radius 1 is 1.46 bits per heavy atom. The summed E-state index contributed by atoms with van der Waals surface area (Å²) in [5, 5.41) is 17.8. The highest BCUT2D eigenvalue weighted by molar-refractivity contribution is 7.80. The van der Waals surface area contributed by atoms with Crippen LogP contribution in [0.1, 0.15) is 36.5 Å². The van der Waals surface area contributed by atoms with Gasteiger partial charge in [0.1, 0.15) is 5.76 Å². The number of hydrazone groups is 1. The van der Waals surface area contributed by atoms with Gasteiger partial charge >= 0.3 is 6.01 Å². The molecule has 0 saturated heterocycles. The van der Waals surface area contributed by atoms with Crippen molar-refractivity contribution in [1.29, 1.82) is 0 Å². The van der Waals surface area contributed by atoms with Crippen LogP contribution in [-0.2, 0) is 0 Å². The SMILES string of the molecule is O=[N+]([O-])c1ccccc1/C=N/NC(=S)Nc1ncc(C2CCC2)o1. The summed E-state index contributed by atoms with van der Waals surface area (Å²) in [4.78, 5) is 14.6. The number of nitro benzene ring substituents is 1. The first-order valence-corrected chi connectivity index (χ1v) is 7.83. The van der Waals surface area contributed by atoms with E-state index in [0.717, 1.165) is 18.6 Å². The number of nitro groups is 1. The third-order valence-corrected chi connectivity index (χ3v) is 3.95. The summed E-state index contributed by atoms with van der Waals surface area (Å²) in [5.41, 5.74) is 2.93. The first-order chi connectivity index (χ1) is 11.6. The number of aromatic nitrogens is 1. The molecule has 1 aliphatic carbocycles. The molecule has 8 nitrogen and oxygen atoms in total. The van der Waals surface area contributed by atoms with E-state index in [-0.39, 0.29) is 10.8 Å². The smallest absolute Gasteiger partial charge is 0.301 e. The van der Waals surface area contributed by atoms with E-state index in [4.69, 9.17) is 16.6 Å². The molecule has 1 aromatic heterocycles. The predicted molar refractivity (Wildman–Crippen MR) is 93.1 cm³/mol. The number of hydrogen-bond donors (Lipinski definition) is 2. The molecule has 0 spiro atoms. The molecule has 3 rings (SSSR count). The van der Waals surface area contributed by atoms with Crippen LogP contribution in [0.4, 0.5) is 11.7 Å². The van der Waals surface area contributed by atoms with Crippen molar-refractivity contribution in [3.63, 3.8) is 0 Å². The summed E-state index contributed by atoms with van der Waals surface area (Å²) in [7, 11) is 0. The van der Waals surface area contributed by atoms with Crippen molar-refractivity contribution in [2.24, 2.45) is 5.10 Å². The number of nitrogens with zero attached hydrogens (tertiary/aromatic N) is 3. The molecule has 0 unspecified atom stereocenters. The summed E-state index contributed by atoms with van der Waals surface area (Å²) in [6.07, 6.45) is 6.50. The van der Waals surface area contributed by atoms with Gasteiger partial charge in [-0.3, -0.25) is 20.9 Å². The van der Waals surface area contributed by atoms with Crippen LogP contribution >= 0.6 is 12.2 Å². The van der Waals surface area contributed by atoms with Crippen molar-refractivity contribution >= 4 is 35.2 Å². The number of hydrogen-bond acceptors (Lipinski definition) is 6. The van der Waals surface area contributed by atoms with Crippen LogP contribution in [0, 0.1) is 10.1 Å². The lowest BCUT2D eigenvalue weighted by molar-refractivity contribution is -0.385. The maximum Gasteiger partial charge on any atom is 0.301 e. The number of para-hydroxylation sites is 1. The zero-order valence-corrected chi connectivity index (χ0v) is 13.5. The van der Waals surface area contributed by atoms with Crippen LogP contribution in [0.2, 0.25) is 0 Å². The monoisotopic (exact) mass is 345 g/mol. The first kappa shape index (κ1) is 16.1. The highest BCUT2D eigenvalue weighted by atomic mass is 32.1. The Kier molecular flexibility index (Phi) is 4.80. The van der Waals surface area contributed by atoms with E-state index in [9.17, 15) is 10.1 Å². The van der Waals surface area contributed by atoms with Crippen LogP contribution < -0.4 is 10.7 Å². The van der Waals surface area contributed by atoms with Gasteiger partial charge < -0.3 is 4.42 Å². The fourth-order valence-corrected chi connectivity index (χ4v) is 2.41. The maximum absolute atomic E-state index is 10.9. The fraction of sp³-hybridized carbons (Fsp3) is 0.267. The van der Waals surface area contributed by atoms with Crippen LogP contribution in [0.15, 0.2) is 40.0 Å². The minimum absolute atomic E-state index is 0.0280. The van der Waals surface area contributed by atoms with Gasteiger partial charge in [-0.15, -0.1) is 0 Å². The van der Waals surface area contributed by atoms with Crippen LogP contribution in [-0.4, -0.2) is 21.2 Å². The second kappa shape index (κ2) is 7.18. The van der Waals surface area contributed by atoms with Gasteiger partial charge in [0, 0.05) is 12.0 Å². The summed E-state index contributed by atoms with van der Waals surface area (Å²) >= 11 is 5.08. The molecule has 2 aromatic rings. The molecule has 1 fully saturated rings. The largest absolute Gasteiger partial charge is 0.428 e. The molecule has 0 bridgehead atoms. The molecular weight excluding hydrogens is 330 g/mol. The summed E-state index contributed by atoms with van der Waals surface area (Å²) in [6.45, 7) is 0. The molecule has 1 aromatic carbocycles. The van der Waals surface area contributed by atoms with E-state index < -0.39 is 4.92 Å². The molecule has 24 heavy (non-hydrogen) atoms. The van der Waals surface area contributed by atoms with Crippen LogP contribution in [0.5, 0.6) is 0 Å². The van der Waals surface area contributed by atoms with E-state index in [0.29, 0.717) is 17.5 Å². The number of anilines is 1. The van der Waals surface area contributed by atoms with Gasteiger partial charge in [-0.2, -0.15) is 5.10 Å². The van der Waals surface area contributed by atoms with Gasteiger partial charge in [-0.05, 0) is 31.1 Å². The quantitative estimate of drug-likeness (QED) is 0.371. The van der Waals surface area contributed by atoms with Gasteiger partial charge in [0.2, 0.25) is 0 Å². The Morgan fingerprint density at radius 2 is 2.25 bits per heavy atom. The number of thiocarbonyl (C=S) groups is 1.